The lowest BCUT2D eigenvalue weighted by molar-refractivity contribution is -0.138. The van der Waals surface area contributed by atoms with Gasteiger partial charge in [0.2, 0.25) is 9.05 Å². The highest BCUT2D eigenvalue weighted by Crippen LogP contribution is 2.21. The van der Waals surface area contributed by atoms with Crippen LogP contribution in [-0.2, 0) is 13.8 Å². The molecule has 0 rings (SSSR count). The lowest BCUT2D eigenvalue weighted by Crippen LogP contribution is -2.19. The second-order valence-corrected chi connectivity index (χ2v) is 6.98. The smallest absolute Gasteiger partial charge is 0.381 e. The number of alkyl halides is 3. The van der Waals surface area contributed by atoms with Crippen molar-refractivity contribution in [3.8, 4) is 0 Å². The van der Waals surface area contributed by atoms with Crippen molar-refractivity contribution in [3.63, 3.8) is 0 Å². The zero-order chi connectivity index (χ0) is 14.2. The molecule has 110 valence electrons. The standard InChI is InChI=1S/C10H18ClF3O3S/c1-2-4-9(8-18(11,15)16)7-17-6-3-5-10(12,13)14/h9H,2-8H2,1H3. The highest BCUT2D eigenvalue weighted by atomic mass is 35.7. The maximum Gasteiger partial charge on any atom is 0.389 e. The summed E-state index contributed by atoms with van der Waals surface area (Å²) < 4.78 is 62.4. The van der Waals surface area contributed by atoms with E-state index in [-0.39, 0.29) is 31.3 Å². The third-order valence-electron chi connectivity index (χ3n) is 2.23. The van der Waals surface area contributed by atoms with E-state index in [2.05, 4.69) is 0 Å². The number of halogens is 4. The Balaban J connectivity index is 3.84. The first-order chi connectivity index (χ1) is 8.14. The molecule has 0 aromatic rings. The van der Waals surface area contributed by atoms with Crippen LogP contribution in [0, 0.1) is 5.92 Å². The summed E-state index contributed by atoms with van der Waals surface area (Å²) in [4.78, 5) is 0. The average molecular weight is 311 g/mol. The second kappa shape index (κ2) is 8.22. The molecule has 1 atom stereocenters. The van der Waals surface area contributed by atoms with Gasteiger partial charge in [-0.1, -0.05) is 13.3 Å². The van der Waals surface area contributed by atoms with Crippen molar-refractivity contribution in [2.45, 2.75) is 38.8 Å². The molecule has 1 unspecified atom stereocenters. The van der Waals surface area contributed by atoms with Crippen molar-refractivity contribution in [2.75, 3.05) is 19.0 Å². The number of hydrogen-bond donors (Lipinski definition) is 0. The Bertz CT molecular complexity index is 317. The molecule has 0 saturated heterocycles. The highest BCUT2D eigenvalue weighted by Gasteiger charge is 2.26. The van der Waals surface area contributed by atoms with Gasteiger partial charge in [-0.15, -0.1) is 0 Å². The molecular weight excluding hydrogens is 293 g/mol. The summed E-state index contributed by atoms with van der Waals surface area (Å²) in [5, 5.41) is 0. The predicted molar refractivity (Wildman–Crippen MR) is 64.1 cm³/mol. The van der Waals surface area contributed by atoms with Gasteiger partial charge in [0.05, 0.1) is 12.4 Å². The molecule has 0 aliphatic heterocycles. The van der Waals surface area contributed by atoms with Gasteiger partial charge in [0, 0.05) is 23.7 Å². The molecule has 0 spiro atoms. The van der Waals surface area contributed by atoms with E-state index in [9.17, 15) is 21.6 Å². The zero-order valence-electron chi connectivity index (χ0n) is 10.2. The number of hydrogen-bond acceptors (Lipinski definition) is 3. The lowest BCUT2D eigenvalue weighted by Gasteiger charge is -2.14. The van der Waals surface area contributed by atoms with Crippen molar-refractivity contribution < 1.29 is 26.3 Å². The Kier molecular flexibility index (Phi) is 8.21. The summed E-state index contributed by atoms with van der Waals surface area (Å²) in [5.74, 6) is -0.467. The molecule has 0 fully saturated rings. The Morgan fingerprint density at radius 3 is 2.39 bits per heavy atom. The molecule has 0 bridgehead atoms. The van der Waals surface area contributed by atoms with Crippen molar-refractivity contribution in [1.29, 1.82) is 0 Å². The summed E-state index contributed by atoms with van der Waals surface area (Å²) >= 11 is 0. The fourth-order valence-corrected chi connectivity index (χ4v) is 2.89. The minimum Gasteiger partial charge on any atom is -0.381 e. The Morgan fingerprint density at radius 1 is 1.33 bits per heavy atom. The third-order valence-corrected chi connectivity index (χ3v) is 3.48. The SMILES string of the molecule is CCCC(COCCCC(F)(F)F)CS(=O)(=O)Cl. The van der Waals surface area contributed by atoms with E-state index >= 15 is 0 Å². The second-order valence-electron chi connectivity index (χ2n) is 4.15. The Labute approximate surface area is 110 Å². The van der Waals surface area contributed by atoms with Gasteiger partial charge in [-0.05, 0) is 18.8 Å². The predicted octanol–water partition coefficient (Wildman–Crippen LogP) is 3.33. The van der Waals surface area contributed by atoms with Gasteiger partial charge in [0.15, 0.2) is 0 Å². The van der Waals surface area contributed by atoms with Crippen LogP contribution < -0.4 is 0 Å². The Hall–Kier alpha value is -0.0100. The van der Waals surface area contributed by atoms with Crippen LogP contribution in [0.4, 0.5) is 13.2 Å². The maximum absolute atomic E-state index is 11.8. The molecule has 0 heterocycles. The van der Waals surface area contributed by atoms with Gasteiger partial charge in [-0.2, -0.15) is 13.2 Å². The first kappa shape index (κ1) is 18.0. The average Bonchev–Trinajstić information content (AvgIpc) is 2.13. The summed E-state index contributed by atoms with van der Waals surface area (Å²) in [6.07, 6.45) is -3.80. The van der Waals surface area contributed by atoms with E-state index < -0.39 is 21.6 Å². The van der Waals surface area contributed by atoms with Gasteiger partial charge in [-0.3, -0.25) is 0 Å². The third kappa shape index (κ3) is 12.4. The fourth-order valence-electron chi connectivity index (χ4n) is 1.53. The molecule has 3 nitrogen and oxygen atoms in total. The maximum atomic E-state index is 11.8. The van der Waals surface area contributed by atoms with E-state index in [1.807, 2.05) is 6.92 Å². The molecule has 0 aromatic carbocycles. The summed E-state index contributed by atoms with van der Waals surface area (Å²) in [5.41, 5.74) is 0. The monoisotopic (exact) mass is 310 g/mol. The summed E-state index contributed by atoms with van der Waals surface area (Å²) in [7, 11) is 1.53. The van der Waals surface area contributed by atoms with Crippen molar-refractivity contribution >= 4 is 19.7 Å². The molecule has 0 saturated carbocycles. The molecule has 0 aliphatic carbocycles. The fraction of sp³-hybridized carbons (Fsp3) is 1.00. The topological polar surface area (TPSA) is 43.4 Å². The van der Waals surface area contributed by atoms with E-state index in [1.165, 1.54) is 0 Å². The van der Waals surface area contributed by atoms with Gasteiger partial charge in [0.25, 0.3) is 0 Å². The molecule has 0 N–H and O–H groups in total. The quantitative estimate of drug-likeness (QED) is 0.484. The minimum atomic E-state index is -4.17. The number of rotatable bonds is 9. The van der Waals surface area contributed by atoms with Crippen LogP contribution in [0.25, 0.3) is 0 Å². The van der Waals surface area contributed by atoms with Crippen LogP contribution in [0.5, 0.6) is 0 Å². The van der Waals surface area contributed by atoms with Crippen LogP contribution in [0.2, 0.25) is 0 Å². The largest absolute Gasteiger partial charge is 0.389 e. The minimum absolute atomic E-state index is 0.0257. The van der Waals surface area contributed by atoms with E-state index in [0.29, 0.717) is 6.42 Å². The molecular formula is C10H18ClF3O3S. The highest BCUT2D eigenvalue weighted by molar-refractivity contribution is 8.13. The van der Waals surface area contributed by atoms with E-state index in [4.69, 9.17) is 15.4 Å². The van der Waals surface area contributed by atoms with E-state index in [0.717, 1.165) is 6.42 Å². The molecule has 0 aromatic heterocycles. The van der Waals surface area contributed by atoms with Gasteiger partial charge in [0.1, 0.15) is 0 Å². The number of ether oxygens (including phenoxy) is 1. The van der Waals surface area contributed by atoms with Crippen LogP contribution in [0.1, 0.15) is 32.6 Å². The van der Waals surface area contributed by atoms with Crippen molar-refractivity contribution in [1.82, 2.24) is 0 Å². The van der Waals surface area contributed by atoms with Gasteiger partial charge < -0.3 is 4.74 Å². The molecule has 18 heavy (non-hydrogen) atoms. The first-order valence-corrected chi connectivity index (χ1v) is 8.18. The van der Waals surface area contributed by atoms with Crippen LogP contribution in [0.15, 0.2) is 0 Å². The normalized spacial score (nSPS) is 14.7. The first-order valence-electron chi connectivity index (χ1n) is 5.71. The van der Waals surface area contributed by atoms with Crippen LogP contribution in [0.3, 0.4) is 0 Å². The van der Waals surface area contributed by atoms with Crippen LogP contribution in [-0.4, -0.2) is 33.6 Å². The molecule has 0 aliphatic rings. The Morgan fingerprint density at radius 2 is 1.94 bits per heavy atom. The van der Waals surface area contributed by atoms with E-state index in [1.54, 1.807) is 0 Å². The lowest BCUT2D eigenvalue weighted by atomic mass is 10.1. The molecule has 0 amide bonds. The molecule has 8 heteroatoms. The van der Waals surface area contributed by atoms with Gasteiger partial charge in [-0.25, -0.2) is 8.42 Å². The van der Waals surface area contributed by atoms with Crippen molar-refractivity contribution in [2.24, 2.45) is 5.92 Å². The summed E-state index contributed by atoms with van der Waals surface area (Å²) in [6, 6.07) is 0. The van der Waals surface area contributed by atoms with Crippen molar-refractivity contribution in [3.05, 3.63) is 0 Å². The zero-order valence-corrected chi connectivity index (χ0v) is 11.7. The van der Waals surface area contributed by atoms with Crippen LogP contribution >= 0.6 is 10.7 Å². The molecule has 0 radical (unpaired) electrons. The summed E-state index contributed by atoms with van der Waals surface area (Å²) in [6.45, 7) is 1.98. The van der Waals surface area contributed by atoms with Gasteiger partial charge >= 0.3 is 6.18 Å².